The zero-order chi connectivity index (χ0) is 22.7. The van der Waals surface area contributed by atoms with Gasteiger partial charge in [0, 0.05) is 11.8 Å². The first kappa shape index (κ1) is 21.4. The van der Waals surface area contributed by atoms with Crippen LogP contribution in [0.1, 0.15) is 16.2 Å². The van der Waals surface area contributed by atoms with E-state index in [1.54, 1.807) is 6.92 Å². The van der Waals surface area contributed by atoms with Gasteiger partial charge in [0.15, 0.2) is 11.6 Å². The van der Waals surface area contributed by atoms with Crippen LogP contribution in [0.15, 0.2) is 24.3 Å². The molecular formula is C18H17FN6O6. The monoisotopic (exact) mass is 432 g/mol. The normalized spacial score (nSPS) is 10.5. The van der Waals surface area contributed by atoms with Gasteiger partial charge in [0.05, 0.1) is 26.3 Å². The summed E-state index contributed by atoms with van der Waals surface area (Å²) >= 11 is 0. The number of anilines is 1. The van der Waals surface area contributed by atoms with Crippen molar-refractivity contribution in [2.45, 2.75) is 6.92 Å². The molecular weight excluding hydrogens is 415 g/mol. The molecule has 1 N–H and O–H groups in total. The standard InChI is InChI=1S/C18H17FN6O6/c1-9-21-22-23-24(9)13-7-10(5-6-12(13)19)20-18(26)11-8-14(29-2)16(30-3)17(31-4)15(11)25(27)28/h5-8H,1-4H3,(H,20,26). The summed E-state index contributed by atoms with van der Waals surface area (Å²) in [5, 5.41) is 25.0. The Balaban J connectivity index is 2.06. The van der Waals surface area contributed by atoms with Gasteiger partial charge in [-0.2, -0.15) is 4.68 Å². The number of hydrogen-bond acceptors (Lipinski definition) is 9. The van der Waals surface area contributed by atoms with Crippen LogP contribution in [0.5, 0.6) is 17.2 Å². The lowest BCUT2D eigenvalue weighted by Crippen LogP contribution is -2.16. The Morgan fingerprint density at radius 2 is 1.87 bits per heavy atom. The third-order valence-electron chi connectivity index (χ3n) is 4.29. The van der Waals surface area contributed by atoms with E-state index in [4.69, 9.17) is 14.2 Å². The number of nitrogens with one attached hydrogen (secondary N) is 1. The number of halogens is 1. The van der Waals surface area contributed by atoms with Crippen molar-refractivity contribution in [2.75, 3.05) is 26.6 Å². The predicted octanol–water partition coefficient (Wildman–Crippen LogP) is 2.30. The van der Waals surface area contributed by atoms with Crippen LogP contribution in [0.2, 0.25) is 0 Å². The molecule has 1 heterocycles. The molecule has 31 heavy (non-hydrogen) atoms. The lowest BCUT2D eigenvalue weighted by molar-refractivity contribution is -0.386. The molecule has 0 spiro atoms. The molecule has 3 aromatic rings. The number of benzene rings is 2. The van der Waals surface area contributed by atoms with Crippen molar-refractivity contribution >= 4 is 17.3 Å². The number of carbonyl (C=O) groups excluding carboxylic acids is 1. The van der Waals surface area contributed by atoms with E-state index in [1.165, 1.54) is 33.5 Å². The summed E-state index contributed by atoms with van der Waals surface area (Å²) in [6, 6.07) is 4.85. The molecule has 162 valence electrons. The zero-order valence-corrected chi connectivity index (χ0v) is 16.9. The Morgan fingerprint density at radius 3 is 2.42 bits per heavy atom. The molecule has 0 saturated heterocycles. The van der Waals surface area contributed by atoms with Gasteiger partial charge in [0.25, 0.3) is 5.91 Å². The Morgan fingerprint density at radius 1 is 1.16 bits per heavy atom. The molecule has 1 aromatic heterocycles. The fraction of sp³-hybridized carbons (Fsp3) is 0.222. The van der Waals surface area contributed by atoms with Crippen molar-refractivity contribution in [3.05, 3.63) is 51.6 Å². The average molecular weight is 432 g/mol. The quantitative estimate of drug-likeness (QED) is 0.439. The summed E-state index contributed by atoms with van der Waals surface area (Å²) in [6.07, 6.45) is 0. The number of aromatic nitrogens is 4. The van der Waals surface area contributed by atoms with E-state index in [2.05, 4.69) is 20.8 Å². The minimum Gasteiger partial charge on any atom is -0.493 e. The number of methoxy groups -OCH3 is 3. The molecule has 0 fully saturated rings. The molecule has 2 aromatic carbocycles. The molecule has 0 unspecified atom stereocenters. The van der Waals surface area contributed by atoms with E-state index in [-0.39, 0.29) is 34.2 Å². The number of ether oxygens (including phenoxy) is 3. The number of nitro groups is 1. The summed E-state index contributed by atoms with van der Waals surface area (Å²) in [5.74, 6) is -1.42. The van der Waals surface area contributed by atoms with Crippen molar-refractivity contribution < 1.29 is 28.3 Å². The average Bonchev–Trinajstić information content (AvgIpc) is 3.18. The molecule has 1 amide bonds. The van der Waals surface area contributed by atoms with Crippen LogP contribution < -0.4 is 19.5 Å². The van der Waals surface area contributed by atoms with E-state index < -0.39 is 22.3 Å². The molecule has 12 nitrogen and oxygen atoms in total. The highest BCUT2D eigenvalue weighted by molar-refractivity contribution is 6.08. The first-order valence-electron chi connectivity index (χ1n) is 8.66. The van der Waals surface area contributed by atoms with Gasteiger partial charge in [-0.3, -0.25) is 14.9 Å². The van der Waals surface area contributed by atoms with Crippen molar-refractivity contribution in [3.63, 3.8) is 0 Å². The van der Waals surface area contributed by atoms with Crippen molar-refractivity contribution in [3.8, 4) is 22.9 Å². The van der Waals surface area contributed by atoms with E-state index in [1.807, 2.05) is 0 Å². The van der Waals surface area contributed by atoms with Crippen LogP contribution in [-0.4, -0.2) is 52.4 Å². The maximum atomic E-state index is 14.3. The smallest absolute Gasteiger partial charge is 0.327 e. The molecule has 0 atom stereocenters. The highest BCUT2D eigenvalue weighted by atomic mass is 19.1. The number of aryl methyl sites for hydroxylation is 1. The molecule has 0 aliphatic carbocycles. The van der Waals surface area contributed by atoms with Gasteiger partial charge < -0.3 is 19.5 Å². The molecule has 0 aliphatic rings. The second-order valence-electron chi connectivity index (χ2n) is 6.06. The Kier molecular flexibility index (Phi) is 5.95. The largest absolute Gasteiger partial charge is 0.493 e. The third kappa shape index (κ3) is 3.92. The molecule has 13 heteroatoms. The van der Waals surface area contributed by atoms with Gasteiger partial charge in [-0.05, 0) is 35.5 Å². The topological polar surface area (TPSA) is 144 Å². The molecule has 0 aliphatic heterocycles. The summed E-state index contributed by atoms with van der Waals surface area (Å²) in [6.45, 7) is 1.57. The lowest BCUT2D eigenvalue weighted by Gasteiger charge is -2.15. The third-order valence-corrected chi connectivity index (χ3v) is 4.29. The second kappa shape index (κ2) is 8.61. The van der Waals surface area contributed by atoms with Gasteiger partial charge in [-0.1, -0.05) is 0 Å². The lowest BCUT2D eigenvalue weighted by atomic mass is 10.1. The summed E-state index contributed by atoms with van der Waals surface area (Å²) in [7, 11) is 3.79. The second-order valence-corrected chi connectivity index (χ2v) is 6.06. The van der Waals surface area contributed by atoms with Crippen LogP contribution in [0.3, 0.4) is 0 Å². The Labute approximate surface area is 174 Å². The van der Waals surface area contributed by atoms with Crippen LogP contribution in [0, 0.1) is 22.9 Å². The van der Waals surface area contributed by atoms with Crippen LogP contribution in [0.25, 0.3) is 5.69 Å². The molecule has 0 saturated carbocycles. The van der Waals surface area contributed by atoms with E-state index in [0.29, 0.717) is 5.82 Å². The predicted molar refractivity (Wildman–Crippen MR) is 105 cm³/mol. The highest BCUT2D eigenvalue weighted by Crippen LogP contribution is 2.46. The van der Waals surface area contributed by atoms with Gasteiger partial charge in [-0.15, -0.1) is 5.10 Å². The van der Waals surface area contributed by atoms with Gasteiger partial charge in [0.1, 0.15) is 17.1 Å². The first-order chi connectivity index (χ1) is 14.8. The minimum atomic E-state index is -0.850. The number of carbonyl (C=O) groups is 1. The van der Waals surface area contributed by atoms with Crippen LogP contribution in [-0.2, 0) is 0 Å². The summed E-state index contributed by atoms with van der Waals surface area (Å²) in [4.78, 5) is 23.8. The number of amides is 1. The first-order valence-corrected chi connectivity index (χ1v) is 8.66. The molecule has 3 rings (SSSR count). The molecule has 0 radical (unpaired) electrons. The summed E-state index contributed by atoms with van der Waals surface area (Å²) in [5.41, 5.74) is -0.820. The number of hydrogen-bond donors (Lipinski definition) is 1. The molecule has 0 bridgehead atoms. The van der Waals surface area contributed by atoms with Crippen LogP contribution in [0.4, 0.5) is 15.8 Å². The van der Waals surface area contributed by atoms with Gasteiger partial charge in [0.2, 0.25) is 11.5 Å². The number of nitrogens with zero attached hydrogens (tertiary/aromatic N) is 5. The maximum absolute atomic E-state index is 14.3. The SMILES string of the molecule is COc1cc(C(=O)Nc2ccc(F)c(-n3nnnc3C)c2)c([N+](=O)[O-])c(OC)c1OC. The fourth-order valence-corrected chi connectivity index (χ4v) is 2.90. The number of nitro benzene ring substituents is 1. The fourth-order valence-electron chi connectivity index (χ4n) is 2.90. The van der Waals surface area contributed by atoms with E-state index in [0.717, 1.165) is 16.8 Å². The van der Waals surface area contributed by atoms with Crippen LogP contribution >= 0.6 is 0 Å². The minimum absolute atomic E-state index is 0.0142. The van der Waals surface area contributed by atoms with Crippen molar-refractivity contribution in [1.82, 2.24) is 20.2 Å². The zero-order valence-electron chi connectivity index (χ0n) is 16.9. The van der Waals surface area contributed by atoms with Crippen molar-refractivity contribution in [2.24, 2.45) is 0 Å². The van der Waals surface area contributed by atoms with Crippen molar-refractivity contribution in [1.29, 1.82) is 0 Å². The maximum Gasteiger partial charge on any atom is 0.327 e. The highest BCUT2D eigenvalue weighted by Gasteiger charge is 2.32. The van der Waals surface area contributed by atoms with E-state index in [9.17, 15) is 19.3 Å². The number of rotatable bonds is 7. The van der Waals surface area contributed by atoms with Gasteiger partial charge in [-0.25, -0.2) is 4.39 Å². The summed E-state index contributed by atoms with van der Waals surface area (Å²) < 4.78 is 30.8. The van der Waals surface area contributed by atoms with Gasteiger partial charge >= 0.3 is 5.69 Å². The number of tetrazole rings is 1. The Hall–Kier alpha value is -4.29. The van der Waals surface area contributed by atoms with E-state index >= 15 is 0 Å². The Bertz CT molecular complexity index is 1160.